The minimum absolute atomic E-state index is 0.0521. The third kappa shape index (κ3) is 4.03. The van der Waals surface area contributed by atoms with Gasteiger partial charge < -0.3 is 16.2 Å². The second kappa shape index (κ2) is 5.70. The first-order valence-electron chi connectivity index (χ1n) is 4.40. The number of hydrogen-bond donors (Lipinski definition) is 2. The molecule has 1 rings (SSSR count). The largest absolute Gasteiger partial charge is 0.375 e. The van der Waals surface area contributed by atoms with Gasteiger partial charge in [0.25, 0.3) is 0 Å². The molecule has 0 bridgehead atoms. The minimum atomic E-state index is -0.0521. The first-order valence-corrected chi connectivity index (χ1v) is 4.40. The van der Waals surface area contributed by atoms with Crippen LogP contribution >= 0.6 is 0 Å². The molecule has 1 aromatic rings. The molecule has 0 saturated carbocycles. The van der Waals surface area contributed by atoms with Gasteiger partial charge in [-0.25, -0.2) is 0 Å². The van der Waals surface area contributed by atoms with Crippen LogP contribution in [0.2, 0.25) is 0 Å². The van der Waals surface area contributed by atoms with Crippen LogP contribution in [0.15, 0.2) is 30.3 Å². The van der Waals surface area contributed by atoms with E-state index in [1.165, 1.54) is 0 Å². The lowest BCUT2D eigenvalue weighted by molar-refractivity contribution is 0.109. The Bertz CT molecular complexity index is 226. The van der Waals surface area contributed by atoms with Crippen molar-refractivity contribution in [3.05, 3.63) is 35.9 Å². The van der Waals surface area contributed by atoms with Crippen LogP contribution in [0.25, 0.3) is 0 Å². The third-order valence-electron chi connectivity index (χ3n) is 1.75. The zero-order chi connectivity index (χ0) is 9.52. The summed E-state index contributed by atoms with van der Waals surface area (Å²) in [5, 5.41) is 0. The first-order chi connectivity index (χ1) is 6.33. The van der Waals surface area contributed by atoms with Crippen molar-refractivity contribution in [3.63, 3.8) is 0 Å². The highest BCUT2D eigenvalue weighted by Gasteiger charge is 1.98. The Kier molecular flexibility index (Phi) is 4.46. The second-order valence-corrected chi connectivity index (χ2v) is 3.00. The molecule has 0 heterocycles. The Morgan fingerprint density at radius 1 is 1.23 bits per heavy atom. The lowest BCUT2D eigenvalue weighted by Crippen LogP contribution is -2.34. The van der Waals surface area contributed by atoms with E-state index >= 15 is 0 Å². The van der Waals surface area contributed by atoms with E-state index in [9.17, 15) is 0 Å². The topological polar surface area (TPSA) is 61.3 Å². The standard InChI is InChI=1S/C10H16N2O/c11-6-10(12)8-13-7-9-4-2-1-3-5-9/h1-5,10H,6-8,11-12H2/t10-/m1/s1. The lowest BCUT2D eigenvalue weighted by atomic mass is 10.2. The van der Waals surface area contributed by atoms with Gasteiger partial charge in [0, 0.05) is 12.6 Å². The molecule has 1 aromatic carbocycles. The highest BCUT2D eigenvalue weighted by molar-refractivity contribution is 5.13. The molecule has 4 N–H and O–H groups in total. The maximum atomic E-state index is 5.59. The molecule has 0 unspecified atom stereocenters. The number of ether oxygens (including phenoxy) is 1. The van der Waals surface area contributed by atoms with Gasteiger partial charge in [0.05, 0.1) is 13.2 Å². The Labute approximate surface area is 78.7 Å². The molecule has 1 atom stereocenters. The van der Waals surface area contributed by atoms with Gasteiger partial charge in [-0.15, -0.1) is 0 Å². The molecule has 3 nitrogen and oxygen atoms in total. The Balaban J connectivity index is 2.20. The number of hydrogen-bond acceptors (Lipinski definition) is 3. The van der Waals surface area contributed by atoms with Gasteiger partial charge in [-0.2, -0.15) is 0 Å². The van der Waals surface area contributed by atoms with Gasteiger partial charge in [-0.1, -0.05) is 30.3 Å². The molecule has 13 heavy (non-hydrogen) atoms. The second-order valence-electron chi connectivity index (χ2n) is 3.00. The van der Waals surface area contributed by atoms with E-state index in [1.807, 2.05) is 30.3 Å². The summed E-state index contributed by atoms with van der Waals surface area (Å²) in [7, 11) is 0. The summed E-state index contributed by atoms with van der Waals surface area (Å²) in [6.07, 6.45) is 0. The fourth-order valence-electron chi connectivity index (χ4n) is 0.970. The van der Waals surface area contributed by atoms with E-state index in [0.29, 0.717) is 19.8 Å². The Morgan fingerprint density at radius 2 is 1.92 bits per heavy atom. The highest BCUT2D eigenvalue weighted by atomic mass is 16.5. The predicted octanol–water partition coefficient (Wildman–Crippen LogP) is 0.489. The van der Waals surface area contributed by atoms with E-state index < -0.39 is 0 Å². The summed E-state index contributed by atoms with van der Waals surface area (Å²) in [4.78, 5) is 0. The summed E-state index contributed by atoms with van der Waals surface area (Å²) >= 11 is 0. The van der Waals surface area contributed by atoms with E-state index in [0.717, 1.165) is 5.56 Å². The van der Waals surface area contributed by atoms with Gasteiger partial charge >= 0.3 is 0 Å². The quantitative estimate of drug-likeness (QED) is 0.693. The zero-order valence-corrected chi connectivity index (χ0v) is 7.65. The van der Waals surface area contributed by atoms with Crippen molar-refractivity contribution in [2.24, 2.45) is 11.5 Å². The Hall–Kier alpha value is -0.900. The molecule has 0 radical (unpaired) electrons. The van der Waals surface area contributed by atoms with E-state index in [4.69, 9.17) is 16.2 Å². The maximum Gasteiger partial charge on any atom is 0.0717 e. The van der Waals surface area contributed by atoms with Crippen LogP contribution in [0.5, 0.6) is 0 Å². The Morgan fingerprint density at radius 3 is 2.54 bits per heavy atom. The number of nitrogens with two attached hydrogens (primary N) is 2. The normalized spacial score (nSPS) is 12.8. The maximum absolute atomic E-state index is 5.59. The first kappa shape index (κ1) is 10.2. The van der Waals surface area contributed by atoms with Crippen LogP contribution in [-0.4, -0.2) is 19.2 Å². The lowest BCUT2D eigenvalue weighted by Gasteiger charge is -2.09. The van der Waals surface area contributed by atoms with Crippen molar-refractivity contribution < 1.29 is 4.74 Å². The third-order valence-corrected chi connectivity index (χ3v) is 1.75. The molecule has 0 aromatic heterocycles. The summed E-state index contributed by atoms with van der Waals surface area (Å²) in [6, 6.07) is 9.95. The molecule has 0 spiro atoms. The summed E-state index contributed by atoms with van der Waals surface area (Å²) in [6.45, 7) is 1.59. The summed E-state index contributed by atoms with van der Waals surface area (Å²) < 4.78 is 5.37. The van der Waals surface area contributed by atoms with Crippen molar-refractivity contribution in [3.8, 4) is 0 Å². The average molecular weight is 180 g/mol. The average Bonchev–Trinajstić information content (AvgIpc) is 2.19. The van der Waals surface area contributed by atoms with Crippen molar-refractivity contribution in [2.75, 3.05) is 13.2 Å². The molecular weight excluding hydrogens is 164 g/mol. The summed E-state index contributed by atoms with van der Waals surface area (Å²) in [5.74, 6) is 0. The molecule has 72 valence electrons. The van der Waals surface area contributed by atoms with E-state index in [-0.39, 0.29) is 6.04 Å². The number of rotatable bonds is 5. The summed E-state index contributed by atoms with van der Waals surface area (Å²) in [5.41, 5.74) is 12.1. The van der Waals surface area contributed by atoms with Crippen LogP contribution in [0.4, 0.5) is 0 Å². The van der Waals surface area contributed by atoms with Crippen LogP contribution in [-0.2, 0) is 11.3 Å². The number of benzene rings is 1. The molecule has 0 fully saturated rings. The van der Waals surface area contributed by atoms with Crippen molar-refractivity contribution >= 4 is 0 Å². The van der Waals surface area contributed by atoms with Gasteiger partial charge in [-0.05, 0) is 5.56 Å². The zero-order valence-electron chi connectivity index (χ0n) is 7.65. The predicted molar refractivity (Wildman–Crippen MR) is 53.1 cm³/mol. The van der Waals surface area contributed by atoms with Crippen LogP contribution in [0.1, 0.15) is 5.56 Å². The molecule has 0 aliphatic rings. The molecule has 0 aliphatic carbocycles. The SMILES string of the molecule is NC[C@@H](N)COCc1ccccc1. The fourth-order valence-corrected chi connectivity index (χ4v) is 0.970. The molecule has 0 saturated heterocycles. The molecule has 0 amide bonds. The van der Waals surface area contributed by atoms with Gasteiger partial charge in [0.2, 0.25) is 0 Å². The molecule has 3 heteroatoms. The monoisotopic (exact) mass is 180 g/mol. The van der Waals surface area contributed by atoms with Crippen LogP contribution in [0.3, 0.4) is 0 Å². The van der Waals surface area contributed by atoms with Gasteiger partial charge in [0.15, 0.2) is 0 Å². The smallest absolute Gasteiger partial charge is 0.0717 e. The van der Waals surface area contributed by atoms with Crippen LogP contribution in [0, 0.1) is 0 Å². The fraction of sp³-hybridized carbons (Fsp3) is 0.400. The van der Waals surface area contributed by atoms with Gasteiger partial charge in [0.1, 0.15) is 0 Å². The van der Waals surface area contributed by atoms with E-state index in [2.05, 4.69) is 0 Å². The van der Waals surface area contributed by atoms with Gasteiger partial charge in [-0.3, -0.25) is 0 Å². The van der Waals surface area contributed by atoms with Crippen molar-refractivity contribution in [2.45, 2.75) is 12.6 Å². The minimum Gasteiger partial charge on any atom is -0.375 e. The molecular formula is C10H16N2O. The van der Waals surface area contributed by atoms with Crippen molar-refractivity contribution in [1.82, 2.24) is 0 Å². The van der Waals surface area contributed by atoms with Crippen molar-refractivity contribution in [1.29, 1.82) is 0 Å². The van der Waals surface area contributed by atoms with Crippen LogP contribution < -0.4 is 11.5 Å². The molecule has 0 aliphatic heterocycles. The highest BCUT2D eigenvalue weighted by Crippen LogP contribution is 2.00. The van der Waals surface area contributed by atoms with E-state index in [1.54, 1.807) is 0 Å².